The van der Waals surface area contributed by atoms with Crippen LogP contribution in [-0.2, 0) is 11.2 Å². The molecule has 7 heteroatoms. The van der Waals surface area contributed by atoms with Gasteiger partial charge in [-0.3, -0.25) is 4.79 Å². The monoisotopic (exact) mass is 385 g/mol. The van der Waals surface area contributed by atoms with E-state index in [0.717, 1.165) is 31.2 Å². The van der Waals surface area contributed by atoms with Crippen LogP contribution in [0.4, 0.5) is 0 Å². The Hall–Kier alpha value is -2.60. The van der Waals surface area contributed by atoms with Gasteiger partial charge < -0.3 is 10.2 Å². The maximum absolute atomic E-state index is 11.3. The first kappa shape index (κ1) is 17.8. The number of carboxylic acid groups (broad SMARTS) is 1. The first-order valence-electron chi connectivity index (χ1n) is 9.12. The molecule has 1 aliphatic carbocycles. The summed E-state index contributed by atoms with van der Waals surface area (Å²) in [7, 11) is 0. The number of aromatic nitrogens is 3. The predicted molar refractivity (Wildman–Crippen MR) is 103 cm³/mol. The van der Waals surface area contributed by atoms with Crippen molar-refractivity contribution in [3.8, 4) is 11.4 Å². The Labute approximate surface area is 161 Å². The van der Waals surface area contributed by atoms with Gasteiger partial charge in [-0.25, -0.2) is 0 Å². The summed E-state index contributed by atoms with van der Waals surface area (Å²) in [6.07, 6.45) is 5.31. The van der Waals surface area contributed by atoms with Gasteiger partial charge in [-0.05, 0) is 54.2 Å². The van der Waals surface area contributed by atoms with Gasteiger partial charge in [0.05, 0.1) is 6.42 Å². The van der Waals surface area contributed by atoms with Crippen LogP contribution in [0.1, 0.15) is 49.1 Å². The highest BCUT2D eigenvalue weighted by molar-refractivity contribution is 6.31. The van der Waals surface area contributed by atoms with Crippen molar-refractivity contribution in [3.63, 3.8) is 0 Å². The number of halogens is 1. The van der Waals surface area contributed by atoms with Crippen molar-refractivity contribution in [2.24, 2.45) is 0 Å². The molecule has 0 atom stereocenters. The molecule has 4 rings (SSSR count). The highest BCUT2D eigenvalue weighted by atomic mass is 35.5. The minimum absolute atomic E-state index is 0.111. The third-order valence-electron chi connectivity index (χ3n) is 5.14. The Kier molecular flexibility index (Phi) is 4.74. The van der Waals surface area contributed by atoms with Gasteiger partial charge in [0.2, 0.25) is 0 Å². The number of rotatable bonds is 4. The zero-order valence-corrected chi connectivity index (χ0v) is 15.5. The van der Waals surface area contributed by atoms with E-state index in [1.165, 1.54) is 11.2 Å². The van der Waals surface area contributed by atoms with Crippen molar-refractivity contribution in [1.29, 1.82) is 0 Å². The SMILES string of the molecule is O=C(O)Cc1cc(C2CCCCC2)c(O)c(-n2nc3ccc(Cl)cc3n2)c1. The Morgan fingerprint density at radius 2 is 1.85 bits per heavy atom. The van der Waals surface area contributed by atoms with Gasteiger partial charge in [0.1, 0.15) is 22.5 Å². The topological polar surface area (TPSA) is 88.2 Å². The van der Waals surface area contributed by atoms with Crippen molar-refractivity contribution >= 4 is 28.6 Å². The molecule has 3 aromatic rings. The Morgan fingerprint density at radius 1 is 1.11 bits per heavy atom. The summed E-state index contributed by atoms with van der Waals surface area (Å²) in [5.74, 6) is -0.556. The highest BCUT2D eigenvalue weighted by Gasteiger charge is 2.23. The fourth-order valence-electron chi connectivity index (χ4n) is 3.85. The molecule has 0 saturated heterocycles. The molecular formula is C20H20ClN3O3. The molecule has 27 heavy (non-hydrogen) atoms. The number of fused-ring (bicyclic) bond motifs is 1. The van der Waals surface area contributed by atoms with E-state index in [4.69, 9.17) is 11.6 Å². The average Bonchev–Trinajstić information content (AvgIpc) is 3.06. The molecular weight excluding hydrogens is 366 g/mol. The van der Waals surface area contributed by atoms with E-state index in [0.29, 0.717) is 27.3 Å². The summed E-state index contributed by atoms with van der Waals surface area (Å²) in [6.45, 7) is 0. The number of hydrogen-bond donors (Lipinski definition) is 2. The smallest absolute Gasteiger partial charge is 0.307 e. The number of nitrogens with zero attached hydrogens (tertiary/aromatic N) is 3. The van der Waals surface area contributed by atoms with Gasteiger partial charge in [0.15, 0.2) is 0 Å². The van der Waals surface area contributed by atoms with Crippen LogP contribution < -0.4 is 0 Å². The number of aromatic hydroxyl groups is 1. The number of carbonyl (C=O) groups is 1. The normalized spacial score (nSPS) is 15.3. The van der Waals surface area contributed by atoms with E-state index in [-0.39, 0.29) is 18.1 Å². The quantitative estimate of drug-likeness (QED) is 0.692. The van der Waals surface area contributed by atoms with Crippen molar-refractivity contribution in [2.45, 2.75) is 44.4 Å². The number of phenolic OH excluding ortho intramolecular Hbond substituents is 1. The van der Waals surface area contributed by atoms with E-state index in [1.807, 2.05) is 6.07 Å². The first-order chi connectivity index (χ1) is 13.0. The molecule has 1 heterocycles. The zero-order valence-electron chi connectivity index (χ0n) is 14.7. The summed E-state index contributed by atoms with van der Waals surface area (Å²) in [4.78, 5) is 12.6. The van der Waals surface area contributed by atoms with Crippen LogP contribution in [0.25, 0.3) is 16.7 Å². The number of hydrogen-bond acceptors (Lipinski definition) is 4. The van der Waals surface area contributed by atoms with Crippen LogP contribution in [0.3, 0.4) is 0 Å². The van der Waals surface area contributed by atoms with Crippen molar-refractivity contribution < 1.29 is 15.0 Å². The zero-order chi connectivity index (χ0) is 19.0. The third kappa shape index (κ3) is 3.62. The summed E-state index contributed by atoms with van der Waals surface area (Å²) in [6, 6.07) is 8.68. The molecule has 1 saturated carbocycles. The van der Waals surface area contributed by atoms with E-state index < -0.39 is 5.97 Å². The number of phenols is 1. The van der Waals surface area contributed by atoms with E-state index >= 15 is 0 Å². The van der Waals surface area contributed by atoms with Crippen molar-refractivity contribution in [2.75, 3.05) is 0 Å². The van der Waals surface area contributed by atoms with E-state index in [1.54, 1.807) is 24.3 Å². The molecule has 6 nitrogen and oxygen atoms in total. The lowest BCUT2D eigenvalue weighted by Gasteiger charge is -2.24. The van der Waals surface area contributed by atoms with E-state index in [9.17, 15) is 15.0 Å². The molecule has 1 fully saturated rings. The number of carboxylic acids is 1. The molecule has 0 unspecified atom stereocenters. The Morgan fingerprint density at radius 3 is 2.59 bits per heavy atom. The molecule has 0 aliphatic heterocycles. The molecule has 1 aromatic heterocycles. The van der Waals surface area contributed by atoms with Crippen molar-refractivity contribution in [3.05, 3.63) is 46.5 Å². The molecule has 0 radical (unpaired) electrons. The molecule has 140 valence electrons. The maximum Gasteiger partial charge on any atom is 0.307 e. The molecule has 0 bridgehead atoms. The average molecular weight is 386 g/mol. The lowest BCUT2D eigenvalue weighted by Crippen LogP contribution is -2.10. The molecule has 2 N–H and O–H groups in total. The lowest BCUT2D eigenvalue weighted by molar-refractivity contribution is -0.136. The predicted octanol–water partition coefficient (Wildman–Crippen LogP) is 4.45. The fraction of sp³-hybridized carbons (Fsp3) is 0.350. The Bertz CT molecular complexity index is 1010. The van der Waals surface area contributed by atoms with Gasteiger partial charge in [0, 0.05) is 5.02 Å². The van der Waals surface area contributed by atoms with Gasteiger partial charge in [-0.15, -0.1) is 15.0 Å². The number of benzene rings is 2. The highest BCUT2D eigenvalue weighted by Crippen LogP contribution is 2.40. The second-order valence-corrected chi connectivity index (χ2v) is 7.52. The van der Waals surface area contributed by atoms with Crippen molar-refractivity contribution in [1.82, 2.24) is 15.0 Å². The minimum Gasteiger partial charge on any atom is -0.505 e. The molecule has 2 aromatic carbocycles. The van der Waals surface area contributed by atoms with Crippen LogP contribution in [-0.4, -0.2) is 31.2 Å². The van der Waals surface area contributed by atoms with Crippen LogP contribution in [0.15, 0.2) is 30.3 Å². The van der Waals surface area contributed by atoms with Gasteiger partial charge >= 0.3 is 5.97 Å². The summed E-state index contributed by atoms with van der Waals surface area (Å²) >= 11 is 6.02. The first-order valence-corrected chi connectivity index (χ1v) is 9.49. The molecule has 0 spiro atoms. The van der Waals surface area contributed by atoms with Gasteiger partial charge in [0.25, 0.3) is 0 Å². The van der Waals surface area contributed by atoms with E-state index in [2.05, 4.69) is 10.2 Å². The van der Waals surface area contributed by atoms with Gasteiger partial charge in [-0.2, -0.15) is 0 Å². The minimum atomic E-state index is -0.911. The lowest BCUT2D eigenvalue weighted by atomic mass is 9.82. The molecule has 1 aliphatic rings. The molecule has 0 amide bonds. The summed E-state index contributed by atoms with van der Waals surface area (Å²) in [5, 5.41) is 29.6. The summed E-state index contributed by atoms with van der Waals surface area (Å²) in [5.41, 5.74) is 3.10. The van der Waals surface area contributed by atoms with Crippen LogP contribution in [0, 0.1) is 0 Å². The Balaban J connectivity index is 1.85. The second kappa shape index (κ2) is 7.19. The maximum atomic E-state index is 11.3. The van der Waals surface area contributed by atoms with Crippen LogP contribution >= 0.6 is 11.6 Å². The third-order valence-corrected chi connectivity index (χ3v) is 5.37. The standard InChI is InChI=1S/C20H20ClN3O3/c21-14-6-7-16-17(11-14)23-24(22-16)18-9-12(10-19(25)26)8-15(20(18)27)13-4-2-1-3-5-13/h6-9,11,13,27H,1-5,10H2,(H,25,26). The number of aliphatic carboxylic acids is 1. The van der Waals surface area contributed by atoms with Gasteiger partial charge in [-0.1, -0.05) is 36.9 Å². The summed E-state index contributed by atoms with van der Waals surface area (Å²) < 4.78 is 0. The van der Waals surface area contributed by atoms with Crippen LogP contribution in [0.5, 0.6) is 5.75 Å². The fourth-order valence-corrected chi connectivity index (χ4v) is 4.02. The largest absolute Gasteiger partial charge is 0.505 e. The second-order valence-electron chi connectivity index (χ2n) is 7.08. The van der Waals surface area contributed by atoms with Crippen LogP contribution in [0.2, 0.25) is 5.02 Å².